The van der Waals surface area contributed by atoms with Crippen LogP contribution in [0.1, 0.15) is 30.9 Å². The number of halogens is 1. The van der Waals surface area contributed by atoms with Gasteiger partial charge in [-0.25, -0.2) is 0 Å². The van der Waals surface area contributed by atoms with E-state index in [1.807, 2.05) is 56.4 Å². The largest absolute Gasteiger partial charge is 0.493 e. The summed E-state index contributed by atoms with van der Waals surface area (Å²) in [6.07, 6.45) is 2.00. The zero-order valence-corrected chi connectivity index (χ0v) is 18.6. The SMILES string of the molecule is COc1cccc(C(CNC(=O)C(C)C(C)N)c2c[nH]c3ccccc23)c1OC.Cl. The number of fused-ring (bicyclic) bond motifs is 1. The summed E-state index contributed by atoms with van der Waals surface area (Å²) in [5, 5.41) is 4.18. The number of aromatic nitrogens is 1. The van der Waals surface area contributed by atoms with E-state index in [0.29, 0.717) is 18.0 Å². The standard InChI is InChI=1S/C23H29N3O3.ClH/c1-14(15(2)24)23(27)26-13-19(17-9-7-11-21(28-3)22(17)29-4)18-12-25-20-10-6-5-8-16(18)20;/h5-12,14-15,19,25H,13,24H2,1-4H3,(H,26,27);1H. The first kappa shape index (κ1) is 23.6. The Bertz CT molecular complexity index is 987. The van der Waals surface area contributed by atoms with Crippen LogP contribution in [0.5, 0.6) is 11.5 Å². The lowest BCUT2D eigenvalue weighted by Crippen LogP contribution is -2.40. The third-order valence-corrected chi connectivity index (χ3v) is 5.49. The first-order valence-electron chi connectivity index (χ1n) is 9.78. The predicted molar refractivity (Wildman–Crippen MR) is 123 cm³/mol. The van der Waals surface area contributed by atoms with E-state index >= 15 is 0 Å². The van der Waals surface area contributed by atoms with Crippen molar-refractivity contribution in [3.05, 3.63) is 59.8 Å². The van der Waals surface area contributed by atoms with Crippen molar-refractivity contribution in [3.63, 3.8) is 0 Å². The monoisotopic (exact) mass is 431 g/mol. The summed E-state index contributed by atoms with van der Waals surface area (Å²) in [6.45, 7) is 4.10. The molecule has 6 nitrogen and oxygen atoms in total. The van der Waals surface area contributed by atoms with Crippen LogP contribution < -0.4 is 20.5 Å². The van der Waals surface area contributed by atoms with Crippen LogP contribution >= 0.6 is 12.4 Å². The number of benzene rings is 2. The van der Waals surface area contributed by atoms with E-state index in [1.54, 1.807) is 14.2 Å². The van der Waals surface area contributed by atoms with E-state index in [4.69, 9.17) is 15.2 Å². The van der Waals surface area contributed by atoms with Crippen LogP contribution in [-0.2, 0) is 4.79 Å². The molecule has 7 heteroatoms. The first-order valence-corrected chi connectivity index (χ1v) is 9.78. The Morgan fingerprint density at radius 1 is 1.07 bits per heavy atom. The van der Waals surface area contributed by atoms with Gasteiger partial charge in [-0.15, -0.1) is 12.4 Å². The Morgan fingerprint density at radius 2 is 1.80 bits per heavy atom. The quantitative estimate of drug-likeness (QED) is 0.505. The summed E-state index contributed by atoms with van der Waals surface area (Å²) in [5.74, 6) is 0.864. The van der Waals surface area contributed by atoms with Crippen molar-refractivity contribution < 1.29 is 14.3 Å². The van der Waals surface area contributed by atoms with Crippen LogP contribution in [0.15, 0.2) is 48.7 Å². The molecule has 0 aliphatic heterocycles. The molecule has 3 aromatic rings. The van der Waals surface area contributed by atoms with E-state index in [9.17, 15) is 4.79 Å². The lowest BCUT2D eigenvalue weighted by Gasteiger charge is -2.23. The number of aromatic amines is 1. The molecular formula is C23H30ClN3O3. The van der Waals surface area contributed by atoms with Gasteiger partial charge in [-0.2, -0.15) is 0 Å². The van der Waals surface area contributed by atoms with Crippen molar-refractivity contribution in [2.75, 3.05) is 20.8 Å². The highest BCUT2D eigenvalue weighted by molar-refractivity contribution is 5.85. The smallest absolute Gasteiger partial charge is 0.224 e. The maximum atomic E-state index is 12.6. The zero-order chi connectivity index (χ0) is 21.0. The lowest BCUT2D eigenvalue weighted by atomic mass is 9.89. The highest BCUT2D eigenvalue weighted by atomic mass is 35.5. The summed E-state index contributed by atoms with van der Waals surface area (Å²) in [4.78, 5) is 15.9. The number of methoxy groups -OCH3 is 2. The van der Waals surface area contributed by atoms with Crippen molar-refractivity contribution in [2.45, 2.75) is 25.8 Å². The number of para-hydroxylation sites is 2. The van der Waals surface area contributed by atoms with Gasteiger partial charge in [0.15, 0.2) is 11.5 Å². The number of hydrogen-bond acceptors (Lipinski definition) is 4. The van der Waals surface area contributed by atoms with E-state index in [1.165, 1.54) is 0 Å². The fourth-order valence-corrected chi connectivity index (χ4v) is 3.56. The molecule has 3 rings (SSSR count). The third kappa shape index (κ3) is 4.71. The van der Waals surface area contributed by atoms with Gasteiger partial charge in [0.05, 0.1) is 14.2 Å². The molecular weight excluding hydrogens is 402 g/mol. The maximum Gasteiger partial charge on any atom is 0.224 e. The molecule has 1 amide bonds. The first-order chi connectivity index (χ1) is 14.0. The lowest BCUT2D eigenvalue weighted by molar-refractivity contribution is -0.124. The molecule has 1 aromatic heterocycles. The van der Waals surface area contributed by atoms with Crippen LogP contribution in [0.25, 0.3) is 10.9 Å². The van der Waals surface area contributed by atoms with Gasteiger partial charge in [-0.1, -0.05) is 37.3 Å². The maximum absolute atomic E-state index is 12.6. The van der Waals surface area contributed by atoms with Gasteiger partial charge >= 0.3 is 0 Å². The minimum atomic E-state index is -0.272. The van der Waals surface area contributed by atoms with Crippen molar-refractivity contribution in [3.8, 4) is 11.5 Å². The molecule has 0 spiro atoms. The number of H-pyrrole nitrogens is 1. The van der Waals surface area contributed by atoms with Crippen molar-refractivity contribution in [1.82, 2.24) is 10.3 Å². The third-order valence-electron chi connectivity index (χ3n) is 5.49. The van der Waals surface area contributed by atoms with E-state index in [2.05, 4.69) is 16.4 Å². The molecule has 0 radical (unpaired) electrons. The Hall–Kier alpha value is -2.70. The summed E-state index contributed by atoms with van der Waals surface area (Å²) >= 11 is 0. The second-order valence-corrected chi connectivity index (χ2v) is 7.32. The van der Waals surface area contributed by atoms with Crippen LogP contribution in [0.4, 0.5) is 0 Å². The molecule has 3 atom stereocenters. The molecule has 4 N–H and O–H groups in total. The highest BCUT2D eigenvalue weighted by Crippen LogP contribution is 2.40. The van der Waals surface area contributed by atoms with Gasteiger partial charge in [0.2, 0.25) is 5.91 Å². The van der Waals surface area contributed by atoms with Gasteiger partial charge in [0.1, 0.15) is 0 Å². The van der Waals surface area contributed by atoms with Gasteiger partial charge in [-0.3, -0.25) is 4.79 Å². The Balaban J connectivity index is 0.00000320. The van der Waals surface area contributed by atoms with Crippen LogP contribution in [0, 0.1) is 5.92 Å². The molecule has 3 unspecified atom stereocenters. The number of ether oxygens (including phenoxy) is 2. The molecule has 0 bridgehead atoms. The summed E-state index contributed by atoms with van der Waals surface area (Å²) in [5.41, 5.74) is 8.98. The summed E-state index contributed by atoms with van der Waals surface area (Å²) in [7, 11) is 3.25. The Labute approximate surface area is 183 Å². The number of amides is 1. The van der Waals surface area contributed by atoms with Crippen LogP contribution in [0.3, 0.4) is 0 Å². The van der Waals surface area contributed by atoms with Crippen molar-refractivity contribution in [2.24, 2.45) is 11.7 Å². The normalized spacial score (nSPS) is 13.8. The molecule has 30 heavy (non-hydrogen) atoms. The minimum Gasteiger partial charge on any atom is -0.493 e. The van der Waals surface area contributed by atoms with Crippen molar-refractivity contribution >= 4 is 29.2 Å². The average molecular weight is 432 g/mol. The number of rotatable bonds is 8. The fraction of sp³-hybridized carbons (Fsp3) is 0.348. The van der Waals surface area contributed by atoms with Crippen molar-refractivity contribution in [1.29, 1.82) is 0 Å². The van der Waals surface area contributed by atoms with Gasteiger partial charge < -0.3 is 25.5 Å². The second-order valence-electron chi connectivity index (χ2n) is 7.32. The van der Waals surface area contributed by atoms with E-state index < -0.39 is 0 Å². The van der Waals surface area contributed by atoms with E-state index in [-0.39, 0.29) is 36.2 Å². The molecule has 0 aliphatic rings. The molecule has 0 fully saturated rings. The predicted octanol–water partition coefficient (Wildman–Crippen LogP) is 3.84. The highest BCUT2D eigenvalue weighted by Gasteiger charge is 2.25. The molecule has 162 valence electrons. The zero-order valence-electron chi connectivity index (χ0n) is 17.8. The number of nitrogens with one attached hydrogen (secondary N) is 2. The summed E-state index contributed by atoms with van der Waals surface area (Å²) < 4.78 is 11.2. The molecule has 2 aromatic carbocycles. The number of carbonyl (C=O) groups excluding carboxylic acids is 1. The molecule has 0 saturated heterocycles. The van der Waals surface area contributed by atoms with E-state index in [0.717, 1.165) is 22.0 Å². The average Bonchev–Trinajstić information content (AvgIpc) is 3.16. The number of hydrogen-bond donors (Lipinski definition) is 3. The molecule has 1 heterocycles. The Morgan fingerprint density at radius 3 is 2.47 bits per heavy atom. The number of nitrogens with two attached hydrogens (primary N) is 1. The minimum absolute atomic E-state index is 0. The van der Waals surface area contributed by atoms with Crippen LogP contribution in [-0.4, -0.2) is 37.7 Å². The van der Waals surface area contributed by atoms with Gasteiger partial charge in [0.25, 0.3) is 0 Å². The Kier molecular flexibility index (Phi) is 8.15. The number of carbonyl (C=O) groups is 1. The molecule has 0 saturated carbocycles. The molecule has 0 aliphatic carbocycles. The second kappa shape index (κ2) is 10.4. The van der Waals surface area contributed by atoms with Crippen LogP contribution in [0.2, 0.25) is 0 Å². The van der Waals surface area contributed by atoms with Gasteiger partial charge in [0, 0.05) is 47.1 Å². The topological polar surface area (TPSA) is 89.4 Å². The van der Waals surface area contributed by atoms with Gasteiger partial charge in [-0.05, 0) is 24.6 Å². The fourth-order valence-electron chi connectivity index (χ4n) is 3.56. The summed E-state index contributed by atoms with van der Waals surface area (Å²) in [6, 6.07) is 13.7.